The molecule has 1 heterocycles. The summed E-state index contributed by atoms with van der Waals surface area (Å²) >= 11 is 0. The molecule has 0 aromatic rings. The molecule has 1 unspecified atom stereocenters. The van der Waals surface area contributed by atoms with Gasteiger partial charge in [0.1, 0.15) is 0 Å². The first-order valence-corrected chi connectivity index (χ1v) is 3.95. The molecule has 0 amide bonds. The predicted molar refractivity (Wildman–Crippen MR) is 43.6 cm³/mol. The molecule has 0 bridgehead atoms. The van der Waals surface area contributed by atoms with E-state index in [0.29, 0.717) is 6.04 Å². The molecule has 0 aromatic heterocycles. The van der Waals surface area contributed by atoms with Crippen molar-refractivity contribution in [2.24, 2.45) is 5.73 Å². The van der Waals surface area contributed by atoms with Gasteiger partial charge in [0.2, 0.25) is 0 Å². The molecule has 1 aliphatic heterocycles. The monoisotopic (exact) mass is 140 g/mol. The fourth-order valence-corrected chi connectivity index (χ4v) is 1.36. The van der Waals surface area contributed by atoms with Crippen LogP contribution < -0.4 is 11.1 Å². The highest BCUT2D eigenvalue weighted by molar-refractivity contribution is 4.88. The van der Waals surface area contributed by atoms with E-state index < -0.39 is 0 Å². The molecule has 0 radical (unpaired) electrons. The minimum absolute atomic E-state index is 0.709. The topological polar surface area (TPSA) is 38.0 Å². The molecule has 1 rings (SSSR count). The van der Waals surface area contributed by atoms with E-state index in [-0.39, 0.29) is 0 Å². The first kappa shape index (κ1) is 7.61. The summed E-state index contributed by atoms with van der Waals surface area (Å²) in [6, 6.07) is 0.709. The zero-order valence-corrected chi connectivity index (χ0v) is 6.40. The van der Waals surface area contributed by atoms with Crippen molar-refractivity contribution in [3.63, 3.8) is 0 Å². The SMILES string of the molecule is C=C(N)CCC1CCCN1. The van der Waals surface area contributed by atoms with E-state index in [1.54, 1.807) is 0 Å². The molecule has 0 spiro atoms. The van der Waals surface area contributed by atoms with E-state index in [4.69, 9.17) is 5.73 Å². The minimum Gasteiger partial charge on any atom is -0.403 e. The van der Waals surface area contributed by atoms with Crippen molar-refractivity contribution >= 4 is 0 Å². The van der Waals surface area contributed by atoms with E-state index in [2.05, 4.69) is 11.9 Å². The van der Waals surface area contributed by atoms with Crippen molar-refractivity contribution in [2.45, 2.75) is 31.7 Å². The second kappa shape index (κ2) is 3.62. The summed E-state index contributed by atoms with van der Waals surface area (Å²) in [7, 11) is 0. The predicted octanol–water partition coefficient (Wildman–Crippen LogP) is 0.991. The first-order chi connectivity index (χ1) is 4.79. The van der Waals surface area contributed by atoms with Crippen LogP contribution in [0.1, 0.15) is 25.7 Å². The number of rotatable bonds is 3. The Kier molecular flexibility index (Phi) is 2.75. The molecule has 0 aromatic carbocycles. The van der Waals surface area contributed by atoms with Crippen molar-refractivity contribution in [2.75, 3.05) is 6.54 Å². The average molecular weight is 140 g/mol. The van der Waals surface area contributed by atoms with E-state index in [1.165, 1.54) is 19.4 Å². The van der Waals surface area contributed by atoms with Crippen LogP contribution in [0.15, 0.2) is 12.3 Å². The van der Waals surface area contributed by atoms with Crippen molar-refractivity contribution in [1.82, 2.24) is 5.32 Å². The third-order valence-electron chi connectivity index (χ3n) is 1.98. The number of nitrogens with two attached hydrogens (primary N) is 1. The van der Waals surface area contributed by atoms with Crippen LogP contribution in [0.4, 0.5) is 0 Å². The van der Waals surface area contributed by atoms with E-state index >= 15 is 0 Å². The molecule has 1 saturated heterocycles. The van der Waals surface area contributed by atoms with E-state index in [9.17, 15) is 0 Å². The number of allylic oxidation sites excluding steroid dienone is 1. The van der Waals surface area contributed by atoms with Gasteiger partial charge in [-0.2, -0.15) is 0 Å². The van der Waals surface area contributed by atoms with Gasteiger partial charge in [-0.15, -0.1) is 0 Å². The van der Waals surface area contributed by atoms with Crippen LogP contribution in [-0.2, 0) is 0 Å². The van der Waals surface area contributed by atoms with Crippen LogP contribution in [0.5, 0.6) is 0 Å². The van der Waals surface area contributed by atoms with Gasteiger partial charge < -0.3 is 11.1 Å². The largest absolute Gasteiger partial charge is 0.403 e. The minimum atomic E-state index is 0.709. The molecular formula is C8H16N2. The number of nitrogens with one attached hydrogen (secondary N) is 1. The highest BCUT2D eigenvalue weighted by atomic mass is 14.9. The van der Waals surface area contributed by atoms with Gasteiger partial charge in [0.15, 0.2) is 0 Å². The van der Waals surface area contributed by atoms with Crippen LogP contribution in [-0.4, -0.2) is 12.6 Å². The van der Waals surface area contributed by atoms with Gasteiger partial charge in [0.05, 0.1) is 0 Å². The highest BCUT2D eigenvalue weighted by Crippen LogP contribution is 2.11. The van der Waals surface area contributed by atoms with Gasteiger partial charge in [-0.3, -0.25) is 0 Å². The molecule has 58 valence electrons. The molecule has 0 saturated carbocycles. The maximum Gasteiger partial charge on any atom is 0.00712 e. The Morgan fingerprint density at radius 1 is 1.70 bits per heavy atom. The summed E-state index contributed by atoms with van der Waals surface area (Å²) in [6.07, 6.45) is 4.77. The van der Waals surface area contributed by atoms with Gasteiger partial charge in [-0.1, -0.05) is 6.58 Å². The van der Waals surface area contributed by atoms with E-state index in [1.807, 2.05) is 0 Å². The van der Waals surface area contributed by atoms with Gasteiger partial charge in [-0.05, 0) is 32.2 Å². The molecule has 1 atom stereocenters. The Balaban J connectivity index is 2.07. The van der Waals surface area contributed by atoms with Crippen LogP contribution in [0.2, 0.25) is 0 Å². The Morgan fingerprint density at radius 2 is 2.50 bits per heavy atom. The average Bonchev–Trinajstić information content (AvgIpc) is 2.34. The second-order valence-corrected chi connectivity index (χ2v) is 2.99. The van der Waals surface area contributed by atoms with Crippen molar-refractivity contribution in [1.29, 1.82) is 0 Å². The normalized spacial score (nSPS) is 25.0. The maximum atomic E-state index is 5.45. The summed E-state index contributed by atoms with van der Waals surface area (Å²) in [6.45, 7) is 4.85. The van der Waals surface area contributed by atoms with Crippen LogP contribution in [0.3, 0.4) is 0 Å². The zero-order chi connectivity index (χ0) is 7.40. The van der Waals surface area contributed by atoms with Crippen LogP contribution in [0.25, 0.3) is 0 Å². The summed E-state index contributed by atoms with van der Waals surface area (Å²) in [5.41, 5.74) is 6.26. The first-order valence-electron chi connectivity index (χ1n) is 3.95. The van der Waals surface area contributed by atoms with E-state index in [0.717, 1.165) is 18.5 Å². The lowest BCUT2D eigenvalue weighted by atomic mass is 10.1. The maximum absolute atomic E-state index is 5.45. The lowest BCUT2D eigenvalue weighted by Crippen LogP contribution is -2.21. The van der Waals surface area contributed by atoms with Crippen molar-refractivity contribution in [3.05, 3.63) is 12.3 Å². The fraction of sp³-hybridized carbons (Fsp3) is 0.750. The lowest BCUT2D eigenvalue weighted by molar-refractivity contribution is 0.557. The van der Waals surface area contributed by atoms with Crippen molar-refractivity contribution < 1.29 is 0 Å². The third-order valence-corrected chi connectivity index (χ3v) is 1.98. The number of hydrogen-bond acceptors (Lipinski definition) is 2. The number of hydrogen-bond donors (Lipinski definition) is 2. The molecule has 0 aliphatic carbocycles. The Hall–Kier alpha value is -0.500. The Labute approximate surface area is 62.5 Å². The quantitative estimate of drug-likeness (QED) is 0.613. The molecular weight excluding hydrogens is 124 g/mol. The van der Waals surface area contributed by atoms with Crippen LogP contribution >= 0.6 is 0 Å². The fourth-order valence-electron chi connectivity index (χ4n) is 1.36. The van der Waals surface area contributed by atoms with Gasteiger partial charge in [0.25, 0.3) is 0 Å². The lowest BCUT2D eigenvalue weighted by Gasteiger charge is -2.08. The standard InChI is InChI=1S/C8H16N2/c1-7(9)4-5-8-3-2-6-10-8/h8,10H,1-6,9H2. The highest BCUT2D eigenvalue weighted by Gasteiger charge is 2.12. The third kappa shape index (κ3) is 2.40. The van der Waals surface area contributed by atoms with Gasteiger partial charge >= 0.3 is 0 Å². The smallest absolute Gasteiger partial charge is 0.00712 e. The summed E-state index contributed by atoms with van der Waals surface area (Å²) in [4.78, 5) is 0. The molecule has 1 aliphatic rings. The van der Waals surface area contributed by atoms with Gasteiger partial charge in [-0.25, -0.2) is 0 Å². The molecule has 2 heteroatoms. The molecule has 3 N–H and O–H groups in total. The molecule has 10 heavy (non-hydrogen) atoms. The second-order valence-electron chi connectivity index (χ2n) is 2.99. The Bertz CT molecular complexity index is 114. The van der Waals surface area contributed by atoms with Gasteiger partial charge in [0, 0.05) is 11.7 Å². The zero-order valence-electron chi connectivity index (χ0n) is 6.40. The molecule has 1 fully saturated rings. The molecule has 2 nitrogen and oxygen atoms in total. The summed E-state index contributed by atoms with van der Waals surface area (Å²) < 4.78 is 0. The Morgan fingerprint density at radius 3 is 3.00 bits per heavy atom. The summed E-state index contributed by atoms with van der Waals surface area (Å²) in [5, 5.41) is 3.42. The summed E-state index contributed by atoms with van der Waals surface area (Å²) in [5.74, 6) is 0. The van der Waals surface area contributed by atoms with Crippen molar-refractivity contribution in [3.8, 4) is 0 Å². The van der Waals surface area contributed by atoms with Crippen LogP contribution in [0, 0.1) is 0 Å².